The molecule has 1 aliphatic carbocycles. The highest BCUT2D eigenvalue weighted by molar-refractivity contribution is 7.22. The van der Waals surface area contributed by atoms with Crippen LogP contribution in [0.25, 0.3) is 21.3 Å². The molecule has 0 amide bonds. The molecule has 2 aromatic heterocycles. The lowest BCUT2D eigenvalue weighted by atomic mass is 10.1. The molecular weight excluding hydrogens is 424 g/mol. The standard InChI is InChI=1S/C24H28N4O3S/c1-30-21-11-18-19(12-22(21)31-2)28(14-25-18)13-15-8-9-17-23(10-15)32-24(27-17)26-16-6-4-3-5-7-20(16)29/h8-12,14,16,20,29H,3-7,13H2,1-2H3,(H,26,27)/t16-,20+/m1/s1. The Balaban J connectivity index is 1.38. The van der Waals surface area contributed by atoms with Crippen LogP contribution in [0.1, 0.15) is 37.7 Å². The molecule has 168 valence electrons. The maximum atomic E-state index is 10.4. The number of nitrogens with zero attached hydrogens (tertiary/aromatic N) is 3. The second-order valence-electron chi connectivity index (χ2n) is 8.35. The SMILES string of the molecule is COc1cc2ncn(Cc3ccc4nc(N[C@@H]5CCCCC[C@@H]5O)sc4c3)c2cc1OC. The molecule has 1 saturated carbocycles. The van der Waals surface area contributed by atoms with E-state index in [2.05, 4.69) is 33.1 Å². The number of imidazole rings is 1. The fourth-order valence-corrected chi connectivity index (χ4v) is 5.44. The van der Waals surface area contributed by atoms with Crippen LogP contribution in [-0.4, -0.2) is 46.0 Å². The lowest BCUT2D eigenvalue weighted by Gasteiger charge is -2.21. The Hall–Kier alpha value is -2.84. The Bertz CT molecular complexity index is 1230. The molecule has 8 heteroatoms. The minimum absolute atomic E-state index is 0.0850. The lowest BCUT2D eigenvalue weighted by molar-refractivity contribution is 0.144. The number of aliphatic hydroxyl groups excluding tert-OH is 1. The second kappa shape index (κ2) is 8.96. The van der Waals surface area contributed by atoms with Crippen LogP contribution in [-0.2, 0) is 6.54 Å². The van der Waals surface area contributed by atoms with Gasteiger partial charge in [0.1, 0.15) is 0 Å². The number of aromatic nitrogens is 3. The van der Waals surface area contributed by atoms with Crippen molar-refractivity contribution < 1.29 is 14.6 Å². The van der Waals surface area contributed by atoms with Crippen molar-refractivity contribution in [3.8, 4) is 11.5 Å². The van der Waals surface area contributed by atoms with E-state index in [1.807, 2.05) is 18.5 Å². The summed E-state index contributed by atoms with van der Waals surface area (Å²) >= 11 is 1.65. The van der Waals surface area contributed by atoms with Gasteiger partial charge in [-0.1, -0.05) is 36.7 Å². The third-order valence-electron chi connectivity index (χ3n) is 6.22. The predicted octanol–water partition coefficient (Wildman–Crippen LogP) is 4.82. The number of nitrogens with one attached hydrogen (secondary N) is 1. The minimum atomic E-state index is -0.301. The third-order valence-corrected chi connectivity index (χ3v) is 7.17. The number of methoxy groups -OCH3 is 2. The van der Waals surface area contributed by atoms with Crippen LogP contribution in [0, 0.1) is 0 Å². The van der Waals surface area contributed by atoms with E-state index in [1.54, 1.807) is 25.6 Å². The average Bonchev–Trinajstić information content (AvgIpc) is 3.32. The molecule has 2 N–H and O–H groups in total. The van der Waals surface area contributed by atoms with E-state index in [1.165, 1.54) is 12.0 Å². The summed E-state index contributed by atoms with van der Waals surface area (Å²) in [6.45, 7) is 0.698. The van der Waals surface area contributed by atoms with Crippen molar-refractivity contribution in [2.24, 2.45) is 0 Å². The largest absolute Gasteiger partial charge is 0.493 e. The molecule has 0 saturated heterocycles. The third kappa shape index (κ3) is 4.12. The van der Waals surface area contributed by atoms with Gasteiger partial charge >= 0.3 is 0 Å². The van der Waals surface area contributed by atoms with E-state index < -0.39 is 0 Å². The summed E-state index contributed by atoms with van der Waals surface area (Å²) in [7, 11) is 3.27. The molecular formula is C24H28N4O3S. The smallest absolute Gasteiger partial charge is 0.184 e. The maximum absolute atomic E-state index is 10.4. The van der Waals surface area contributed by atoms with E-state index in [4.69, 9.17) is 14.5 Å². The summed E-state index contributed by atoms with van der Waals surface area (Å²) in [4.78, 5) is 9.28. The van der Waals surface area contributed by atoms with Crippen molar-refractivity contribution in [1.82, 2.24) is 14.5 Å². The van der Waals surface area contributed by atoms with E-state index in [9.17, 15) is 5.11 Å². The van der Waals surface area contributed by atoms with Gasteiger partial charge < -0.3 is 24.5 Å². The summed E-state index contributed by atoms with van der Waals surface area (Å²) in [5.74, 6) is 1.37. The predicted molar refractivity (Wildman–Crippen MR) is 128 cm³/mol. The second-order valence-corrected chi connectivity index (χ2v) is 9.38. The van der Waals surface area contributed by atoms with Gasteiger partial charge in [-0.3, -0.25) is 0 Å². The highest BCUT2D eigenvalue weighted by Crippen LogP contribution is 2.33. The van der Waals surface area contributed by atoms with Crippen molar-refractivity contribution >= 4 is 37.7 Å². The lowest BCUT2D eigenvalue weighted by Crippen LogP contribution is -2.32. The van der Waals surface area contributed by atoms with Crippen molar-refractivity contribution in [2.45, 2.75) is 50.8 Å². The zero-order valence-corrected chi connectivity index (χ0v) is 19.2. The topological polar surface area (TPSA) is 81.4 Å². The minimum Gasteiger partial charge on any atom is -0.493 e. The van der Waals surface area contributed by atoms with Gasteiger partial charge in [0, 0.05) is 18.7 Å². The molecule has 0 unspecified atom stereocenters. The van der Waals surface area contributed by atoms with Gasteiger partial charge in [0.2, 0.25) is 0 Å². The first-order chi connectivity index (χ1) is 15.6. The Morgan fingerprint density at radius 1 is 1.06 bits per heavy atom. The molecule has 5 rings (SSSR count). The molecule has 1 aliphatic rings. The summed E-state index contributed by atoms with van der Waals surface area (Å²) < 4.78 is 14.1. The highest BCUT2D eigenvalue weighted by atomic mass is 32.1. The van der Waals surface area contributed by atoms with Crippen LogP contribution in [0.3, 0.4) is 0 Å². The van der Waals surface area contributed by atoms with E-state index >= 15 is 0 Å². The van der Waals surface area contributed by atoms with E-state index in [0.29, 0.717) is 18.0 Å². The normalized spacial score (nSPS) is 19.2. The molecule has 0 spiro atoms. The zero-order chi connectivity index (χ0) is 22.1. The molecule has 4 aromatic rings. The first-order valence-electron chi connectivity index (χ1n) is 11.1. The molecule has 32 heavy (non-hydrogen) atoms. The van der Waals surface area contributed by atoms with Crippen LogP contribution in [0.15, 0.2) is 36.7 Å². The molecule has 1 fully saturated rings. The molecule has 2 aromatic carbocycles. The number of hydrogen-bond acceptors (Lipinski definition) is 7. The van der Waals surface area contributed by atoms with Crippen LogP contribution >= 0.6 is 11.3 Å². The van der Waals surface area contributed by atoms with Gasteiger partial charge in [-0.05, 0) is 30.5 Å². The van der Waals surface area contributed by atoms with Crippen LogP contribution in [0.4, 0.5) is 5.13 Å². The number of rotatable bonds is 6. The Morgan fingerprint density at radius 3 is 2.72 bits per heavy atom. The number of hydrogen-bond donors (Lipinski definition) is 2. The van der Waals surface area contributed by atoms with Crippen LogP contribution in [0.5, 0.6) is 11.5 Å². The van der Waals surface area contributed by atoms with Gasteiger partial charge in [0.05, 0.1) is 53.9 Å². The number of thiazole rings is 1. The zero-order valence-electron chi connectivity index (χ0n) is 18.4. The number of aliphatic hydroxyl groups is 1. The quantitative estimate of drug-likeness (QED) is 0.408. The summed E-state index contributed by atoms with van der Waals surface area (Å²) in [6, 6.07) is 10.3. The van der Waals surface area contributed by atoms with Crippen molar-refractivity contribution in [2.75, 3.05) is 19.5 Å². The fourth-order valence-electron chi connectivity index (χ4n) is 4.45. The fraction of sp³-hybridized carbons (Fsp3) is 0.417. The molecule has 2 atom stereocenters. The first-order valence-corrected chi connectivity index (χ1v) is 11.9. The van der Waals surface area contributed by atoms with Crippen LogP contribution < -0.4 is 14.8 Å². The van der Waals surface area contributed by atoms with Crippen molar-refractivity contribution in [3.63, 3.8) is 0 Å². The number of benzene rings is 2. The average molecular weight is 453 g/mol. The Labute approximate surface area is 191 Å². The van der Waals surface area contributed by atoms with Gasteiger partial charge in [0.15, 0.2) is 16.6 Å². The maximum Gasteiger partial charge on any atom is 0.184 e. The van der Waals surface area contributed by atoms with Gasteiger partial charge in [-0.15, -0.1) is 0 Å². The summed E-state index contributed by atoms with van der Waals surface area (Å²) in [6.07, 6.45) is 6.85. The molecule has 2 heterocycles. The number of ether oxygens (including phenoxy) is 2. The molecule has 0 radical (unpaired) electrons. The summed E-state index contributed by atoms with van der Waals surface area (Å²) in [5, 5.41) is 14.8. The number of fused-ring (bicyclic) bond motifs is 2. The molecule has 0 bridgehead atoms. The van der Waals surface area contributed by atoms with Gasteiger partial charge in [-0.25, -0.2) is 9.97 Å². The summed E-state index contributed by atoms with van der Waals surface area (Å²) in [5.41, 5.74) is 4.02. The Kier molecular flexibility index (Phi) is 5.89. The monoisotopic (exact) mass is 452 g/mol. The molecule has 7 nitrogen and oxygen atoms in total. The van der Waals surface area contributed by atoms with Crippen LogP contribution in [0.2, 0.25) is 0 Å². The van der Waals surface area contributed by atoms with Gasteiger partial charge in [-0.2, -0.15) is 0 Å². The number of anilines is 1. The van der Waals surface area contributed by atoms with E-state index in [-0.39, 0.29) is 12.1 Å². The Morgan fingerprint density at radius 2 is 1.88 bits per heavy atom. The van der Waals surface area contributed by atoms with E-state index in [0.717, 1.165) is 52.1 Å². The first kappa shape index (κ1) is 21.0. The van der Waals surface area contributed by atoms with Gasteiger partial charge in [0.25, 0.3) is 0 Å². The van der Waals surface area contributed by atoms with Crippen molar-refractivity contribution in [1.29, 1.82) is 0 Å². The molecule has 0 aliphatic heterocycles. The van der Waals surface area contributed by atoms with Crippen molar-refractivity contribution in [3.05, 3.63) is 42.2 Å². The highest BCUT2D eigenvalue weighted by Gasteiger charge is 2.22.